The van der Waals surface area contributed by atoms with E-state index in [0.29, 0.717) is 24.6 Å². The van der Waals surface area contributed by atoms with Crippen molar-refractivity contribution in [1.29, 1.82) is 0 Å². The van der Waals surface area contributed by atoms with E-state index in [1.165, 1.54) is 0 Å². The molecule has 5 heteroatoms. The van der Waals surface area contributed by atoms with E-state index in [1.54, 1.807) is 17.4 Å². The van der Waals surface area contributed by atoms with Gasteiger partial charge in [0, 0.05) is 9.90 Å². The second-order valence-corrected chi connectivity index (χ2v) is 5.83. The molecule has 0 saturated carbocycles. The van der Waals surface area contributed by atoms with Crippen LogP contribution in [-0.2, 0) is 11.2 Å². The summed E-state index contributed by atoms with van der Waals surface area (Å²) in [6, 6.07) is 9.38. The molecule has 0 unspecified atom stereocenters. The number of benzene rings is 1. The Balaban J connectivity index is 1.69. The minimum absolute atomic E-state index is 0.0175. The van der Waals surface area contributed by atoms with E-state index in [-0.39, 0.29) is 5.91 Å². The van der Waals surface area contributed by atoms with Gasteiger partial charge in [-0.3, -0.25) is 4.79 Å². The Morgan fingerprint density at radius 3 is 2.95 bits per heavy atom. The lowest BCUT2D eigenvalue weighted by molar-refractivity contribution is -0.120. The normalized spacial score (nSPS) is 10.3. The van der Waals surface area contributed by atoms with Crippen molar-refractivity contribution in [3.05, 3.63) is 51.2 Å². The highest BCUT2D eigenvalue weighted by Crippen LogP contribution is 2.21. The maximum absolute atomic E-state index is 11.7. The second-order valence-electron chi connectivity index (χ2n) is 4.36. The fourth-order valence-corrected chi connectivity index (χ4v) is 2.69. The molecule has 0 fully saturated rings. The first-order chi connectivity index (χ1) is 9.65. The minimum atomic E-state index is 0.0175. The Morgan fingerprint density at radius 2 is 2.25 bits per heavy atom. The molecule has 20 heavy (non-hydrogen) atoms. The average molecular weight is 310 g/mol. The number of halogens is 1. The number of amides is 1. The predicted molar refractivity (Wildman–Crippen MR) is 82.7 cm³/mol. The summed E-state index contributed by atoms with van der Waals surface area (Å²) in [6.07, 6.45) is 0.428. The summed E-state index contributed by atoms with van der Waals surface area (Å²) in [7, 11) is 0. The molecule has 106 valence electrons. The van der Waals surface area contributed by atoms with Gasteiger partial charge in [0.25, 0.3) is 0 Å². The number of aryl methyl sites for hydroxylation is 1. The standard InChI is InChI=1S/C15H16ClNO2S/c1-11-9-12(16)4-5-14(11)19-7-6-17-15(18)10-13-3-2-8-20-13/h2-5,8-9H,6-7,10H2,1H3,(H,17,18). The Hall–Kier alpha value is -1.52. The van der Waals surface area contributed by atoms with E-state index in [0.717, 1.165) is 16.2 Å². The van der Waals surface area contributed by atoms with E-state index >= 15 is 0 Å². The molecule has 0 saturated heterocycles. The summed E-state index contributed by atoms with van der Waals surface area (Å²) in [6.45, 7) is 2.88. The zero-order chi connectivity index (χ0) is 14.4. The van der Waals surface area contributed by atoms with Gasteiger partial charge in [-0.25, -0.2) is 0 Å². The molecular formula is C15H16ClNO2S. The molecule has 0 aliphatic heterocycles. The van der Waals surface area contributed by atoms with Gasteiger partial charge in [0.2, 0.25) is 5.91 Å². The monoisotopic (exact) mass is 309 g/mol. The molecule has 0 aliphatic carbocycles. The van der Waals surface area contributed by atoms with Crippen molar-refractivity contribution in [3.8, 4) is 5.75 Å². The molecular weight excluding hydrogens is 294 g/mol. The third-order valence-electron chi connectivity index (χ3n) is 2.73. The molecule has 2 rings (SSSR count). The number of ether oxygens (including phenoxy) is 1. The smallest absolute Gasteiger partial charge is 0.225 e. The SMILES string of the molecule is Cc1cc(Cl)ccc1OCCNC(=O)Cc1cccs1. The first-order valence-corrected chi connectivity index (χ1v) is 7.59. The summed E-state index contributed by atoms with van der Waals surface area (Å²) in [5.74, 6) is 0.811. The van der Waals surface area contributed by atoms with Gasteiger partial charge in [0.05, 0.1) is 13.0 Å². The second kappa shape index (κ2) is 7.31. The summed E-state index contributed by atoms with van der Waals surface area (Å²) in [4.78, 5) is 12.7. The van der Waals surface area contributed by atoms with Gasteiger partial charge in [-0.1, -0.05) is 17.7 Å². The van der Waals surface area contributed by atoms with Crippen LogP contribution in [0.3, 0.4) is 0 Å². The molecule has 1 N–H and O–H groups in total. The number of carbonyl (C=O) groups is 1. The maximum Gasteiger partial charge on any atom is 0.225 e. The predicted octanol–water partition coefficient (Wildman–Crippen LogP) is 3.45. The van der Waals surface area contributed by atoms with Gasteiger partial charge in [0.1, 0.15) is 12.4 Å². The van der Waals surface area contributed by atoms with E-state index in [1.807, 2.05) is 36.6 Å². The zero-order valence-electron chi connectivity index (χ0n) is 11.2. The summed E-state index contributed by atoms with van der Waals surface area (Å²) < 4.78 is 5.61. The van der Waals surface area contributed by atoms with Crippen LogP contribution in [0.15, 0.2) is 35.7 Å². The fourth-order valence-electron chi connectivity index (χ4n) is 1.76. The van der Waals surface area contributed by atoms with E-state index < -0.39 is 0 Å². The third-order valence-corrected chi connectivity index (χ3v) is 3.85. The quantitative estimate of drug-likeness (QED) is 0.830. The Kier molecular flexibility index (Phi) is 5.44. The van der Waals surface area contributed by atoms with Crippen LogP contribution < -0.4 is 10.1 Å². The zero-order valence-corrected chi connectivity index (χ0v) is 12.8. The van der Waals surface area contributed by atoms with Crippen molar-refractivity contribution in [3.63, 3.8) is 0 Å². The summed E-state index contributed by atoms with van der Waals surface area (Å²) >= 11 is 7.46. The van der Waals surface area contributed by atoms with Crippen LogP contribution >= 0.6 is 22.9 Å². The highest BCUT2D eigenvalue weighted by atomic mass is 35.5. The Morgan fingerprint density at radius 1 is 1.40 bits per heavy atom. The third kappa shape index (κ3) is 4.54. The molecule has 3 nitrogen and oxygen atoms in total. The fraction of sp³-hybridized carbons (Fsp3) is 0.267. The lowest BCUT2D eigenvalue weighted by Gasteiger charge is -2.10. The van der Waals surface area contributed by atoms with Gasteiger partial charge in [-0.15, -0.1) is 11.3 Å². The summed E-state index contributed by atoms with van der Waals surface area (Å²) in [5, 5.41) is 5.50. The van der Waals surface area contributed by atoms with Gasteiger partial charge >= 0.3 is 0 Å². The number of hydrogen-bond donors (Lipinski definition) is 1. The molecule has 0 atom stereocenters. The van der Waals surface area contributed by atoms with Crippen molar-refractivity contribution < 1.29 is 9.53 Å². The lowest BCUT2D eigenvalue weighted by atomic mass is 10.2. The molecule has 0 radical (unpaired) electrons. The van der Waals surface area contributed by atoms with Crippen LogP contribution in [0, 0.1) is 6.92 Å². The maximum atomic E-state index is 11.7. The van der Waals surface area contributed by atoms with Gasteiger partial charge in [-0.05, 0) is 42.1 Å². The van der Waals surface area contributed by atoms with Crippen molar-refractivity contribution >= 4 is 28.8 Å². The first kappa shape index (κ1) is 14.9. The number of carbonyl (C=O) groups excluding carboxylic acids is 1. The molecule has 0 spiro atoms. The number of hydrogen-bond acceptors (Lipinski definition) is 3. The van der Waals surface area contributed by atoms with Crippen LogP contribution in [0.25, 0.3) is 0 Å². The van der Waals surface area contributed by atoms with Crippen LogP contribution in [0.4, 0.5) is 0 Å². The molecule has 1 heterocycles. The molecule has 0 bridgehead atoms. The minimum Gasteiger partial charge on any atom is -0.491 e. The van der Waals surface area contributed by atoms with Crippen LogP contribution in [0.2, 0.25) is 5.02 Å². The molecule has 1 aromatic carbocycles. The number of nitrogens with one attached hydrogen (secondary N) is 1. The van der Waals surface area contributed by atoms with Crippen LogP contribution in [-0.4, -0.2) is 19.1 Å². The van der Waals surface area contributed by atoms with Gasteiger partial charge in [0.15, 0.2) is 0 Å². The highest BCUT2D eigenvalue weighted by Gasteiger charge is 2.04. The van der Waals surface area contributed by atoms with Crippen molar-refractivity contribution in [1.82, 2.24) is 5.32 Å². The highest BCUT2D eigenvalue weighted by molar-refractivity contribution is 7.10. The van der Waals surface area contributed by atoms with E-state index in [4.69, 9.17) is 16.3 Å². The van der Waals surface area contributed by atoms with Crippen molar-refractivity contribution in [2.45, 2.75) is 13.3 Å². The lowest BCUT2D eigenvalue weighted by Crippen LogP contribution is -2.29. The van der Waals surface area contributed by atoms with Crippen LogP contribution in [0.1, 0.15) is 10.4 Å². The average Bonchev–Trinajstić information content (AvgIpc) is 2.89. The van der Waals surface area contributed by atoms with Gasteiger partial charge < -0.3 is 10.1 Å². The molecule has 1 aromatic heterocycles. The number of rotatable bonds is 6. The molecule has 0 aliphatic rings. The van der Waals surface area contributed by atoms with Crippen molar-refractivity contribution in [2.75, 3.05) is 13.2 Å². The van der Waals surface area contributed by atoms with Gasteiger partial charge in [-0.2, -0.15) is 0 Å². The topological polar surface area (TPSA) is 38.3 Å². The van der Waals surface area contributed by atoms with Crippen molar-refractivity contribution in [2.24, 2.45) is 0 Å². The van der Waals surface area contributed by atoms with Crippen LogP contribution in [0.5, 0.6) is 5.75 Å². The first-order valence-electron chi connectivity index (χ1n) is 6.33. The number of thiophene rings is 1. The van der Waals surface area contributed by atoms with E-state index in [9.17, 15) is 4.79 Å². The molecule has 2 aromatic rings. The molecule has 1 amide bonds. The largest absolute Gasteiger partial charge is 0.491 e. The van der Waals surface area contributed by atoms with E-state index in [2.05, 4.69) is 5.32 Å². The Bertz CT molecular complexity index is 569. The Labute approximate surface area is 127 Å². The summed E-state index contributed by atoms with van der Waals surface area (Å²) in [5.41, 5.74) is 0.988.